The van der Waals surface area contributed by atoms with Gasteiger partial charge in [0.05, 0.1) is 35.9 Å². The number of ether oxygens (including phenoxy) is 2. The lowest BCUT2D eigenvalue weighted by atomic mass is 10.2. The van der Waals surface area contributed by atoms with Gasteiger partial charge >= 0.3 is 0 Å². The quantitative estimate of drug-likeness (QED) is 0.302. The molecule has 0 unspecified atom stereocenters. The molecule has 2 atom stereocenters. The molecule has 0 radical (unpaired) electrons. The molecule has 0 N–H and O–H groups in total. The van der Waals surface area contributed by atoms with Gasteiger partial charge in [0.15, 0.2) is 0 Å². The van der Waals surface area contributed by atoms with Gasteiger partial charge in [-0.05, 0) is 30.2 Å². The van der Waals surface area contributed by atoms with Crippen molar-refractivity contribution in [2.45, 2.75) is 37.2 Å². The van der Waals surface area contributed by atoms with Crippen LogP contribution in [0.2, 0.25) is 0 Å². The fourth-order valence-electron chi connectivity index (χ4n) is 3.45. The maximum absolute atomic E-state index is 13.4. The number of hydrogen-bond donors (Lipinski definition) is 0. The molecule has 7 nitrogen and oxygen atoms in total. The van der Waals surface area contributed by atoms with E-state index in [1.54, 1.807) is 12.1 Å². The SMILES string of the molecule is C=C([C@H](OCc1ccccc1)[C@@H](COCc1ccccc1)OS(C)(=O)=O)S(=O)(=O)c1ccc(C)cc1. The van der Waals surface area contributed by atoms with E-state index in [0.29, 0.717) is 0 Å². The van der Waals surface area contributed by atoms with E-state index in [1.807, 2.05) is 67.6 Å². The molecule has 3 aromatic rings. The predicted molar refractivity (Wildman–Crippen MR) is 138 cm³/mol. The van der Waals surface area contributed by atoms with E-state index in [-0.39, 0.29) is 29.6 Å². The van der Waals surface area contributed by atoms with Gasteiger partial charge in [0.2, 0.25) is 9.84 Å². The van der Waals surface area contributed by atoms with E-state index in [1.165, 1.54) is 12.1 Å². The van der Waals surface area contributed by atoms with Gasteiger partial charge in [-0.15, -0.1) is 0 Å². The zero-order chi connectivity index (χ0) is 26.2. The van der Waals surface area contributed by atoms with E-state index in [2.05, 4.69) is 6.58 Å². The largest absolute Gasteiger partial charge is 0.374 e. The van der Waals surface area contributed by atoms with Gasteiger partial charge in [-0.3, -0.25) is 4.18 Å². The fraction of sp³-hybridized carbons (Fsp3) is 0.259. The molecule has 0 saturated carbocycles. The summed E-state index contributed by atoms with van der Waals surface area (Å²) in [6, 6.07) is 24.7. The molecule has 192 valence electrons. The van der Waals surface area contributed by atoms with Crippen molar-refractivity contribution in [1.82, 2.24) is 0 Å². The van der Waals surface area contributed by atoms with Crippen molar-refractivity contribution in [2.75, 3.05) is 12.9 Å². The molecule has 3 rings (SSSR count). The first-order chi connectivity index (χ1) is 17.1. The van der Waals surface area contributed by atoms with Gasteiger partial charge in [0, 0.05) is 0 Å². The van der Waals surface area contributed by atoms with Gasteiger partial charge in [0.25, 0.3) is 10.1 Å². The van der Waals surface area contributed by atoms with Gasteiger partial charge in [-0.2, -0.15) is 8.42 Å². The Bertz CT molecular complexity index is 1340. The molecular formula is C27H30O7S2. The average Bonchev–Trinajstić information content (AvgIpc) is 2.84. The minimum Gasteiger partial charge on any atom is -0.374 e. The van der Waals surface area contributed by atoms with Crippen LogP contribution in [0.25, 0.3) is 0 Å². The molecule has 0 aliphatic carbocycles. The van der Waals surface area contributed by atoms with Crippen LogP contribution in [-0.4, -0.2) is 41.9 Å². The van der Waals surface area contributed by atoms with Gasteiger partial charge < -0.3 is 9.47 Å². The molecule has 0 aromatic heterocycles. The minimum absolute atomic E-state index is 0.0102. The number of aryl methyl sites for hydroxylation is 1. The maximum atomic E-state index is 13.4. The maximum Gasteiger partial charge on any atom is 0.264 e. The third kappa shape index (κ3) is 8.11. The monoisotopic (exact) mass is 530 g/mol. The van der Waals surface area contributed by atoms with E-state index in [0.717, 1.165) is 22.9 Å². The second-order valence-electron chi connectivity index (χ2n) is 8.34. The number of rotatable bonds is 13. The zero-order valence-electron chi connectivity index (χ0n) is 20.2. The van der Waals surface area contributed by atoms with Crippen LogP contribution in [0.4, 0.5) is 0 Å². The van der Waals surface area contributed by atoms with Crippen LogP contribution in [0.3, 0.4) is 0 Å². The summed E-state index contributed by atoms with van der Waals surface area (Å²) in [5.41, 5.74) is 2.53. The Morgan fingerprint density at radius 1 is 0.806 bits per heavy atom. The summed E-state index contributed by atoms with van der Waals surface area (Å²) in [5.74, 6) is 0. The van der Waals surface area contributed by atoms with Crippen LogP contribution < -0.4 is 0 Å². The molecule has 0 bridgehead atoms. The summed E-state index contributed by atoms with van der Waals surface area (Å²) >= 11 is 0. The summed E-state index contributed by atoms with van der Waals surface area (Å²) in [5, 5.41) is 0. The van der Waals surface area contributed by atoms with Crippen molar-refractivity contribution < 1.29 is 30.5 Å². The summed E-state index contributed by atoms with van der Waals surface area (Å²) in [4.78, 5) is -0.297. The molecule has 0 saturated heterocycles. The molecular weight excluding hydrogens is 500 g/mol. The van der Waals surface area contributed by atoms with E-state index < -0.39 is 32.2 Å². The Morgan fingerprint density at radius 3 is 1.86 bits per heavy atom. The lowest BCUT2D eigenvalue weighted by Crippen LogP contribution is -2.40. The first kappa shape index (κ1) is 27.8. The number of hydrogen-bond acceptors (Lipinski definition) is 7. The number of sulfone groups is 1. The van der Waals surface area contributed by atoms with Crippen molar-refractivity contribution >= 4 is 20.0 Å². The zero-order valence-corrected chi connectivity index (χ0v) is 21.9. The van der Waals surface area contributed by atoms with Crippen LogP contribution in [0.5, 0.6) is 0 Å². The standard InChI is InChI=1S/C27H30O7S2/c1-21-14-16-25(17-15-21)36(30,31)22(2)27(33-19-24-12-8-5-9-13-24)26(34-35(3,28)29)20-32-18-23-10-6-4-7-11-23/h4-17,26-27H,2,18-20H2,1,3H3/t26-,27+/m1/s1. The molecule has 0 spiro atoms. The van der Waals surface area contributed by atoms with Crippen molar-refractivity contribution in [3.8, 4) is 0 Å². The Kier molecular flexibility index (Phi) is 9.58. The molecule has 0 fully saturated rings. The number of benzene rings is 3. The van der Waals surface area contributed by atoms with Crippen LogP contribution >= 0.6 is 0 Å². The first-order valence-electron chi connectivity index (χ1n) is 11.2. The Labute approximate surface area is 213 Å². The van der Waals surface area contributed by atoms with Crippen LogP contribution in [-0.2, 0) is 46.8 Å². The molecule has 0 aliphatic rings. The van der Waals surface area contributed by atoms with Crippen molar-refractivity contribution in [1.29, 1.82) is 0 Å². The predicted octanol–water partition coefficient (Wildman–Crippen LogP) is 4.43. The fourth-order valence-corrected chi connectivity index (χ4v) is 5.38. The van der Waals surface area contributed by atoms with Gasteiger partial charge in [-0.25, -0.2) is 8.42 Å². The normalized spacial score (nSPS) is 13.7. The summed E-state index contributed by atoms with van der Waals surface area (Å²) in [7, 11) is -8.08. The molecule has 0 heterocycles. The highest BCUT2D eigenvalue weighted by Gasteiger charge is 2.36. The van der Waals surface area contributed by atoms with Crippen LogP contribution in [0.1, 0.15) is 16.7 Å². The molecule has 9 heteroatoms. The van der Waals surface area contributed by atoms with Crippen LogP contribution in [0, 0.1) is 6.92 Å². The van der Waals surface area contributed by atoms with Crippen molar-refractivity contribution in [2.24, 2.45) is 0 Å². The smallest absolute Gasteiger partial charge is 0.264 e. The van der Waals surface area contributed by atoms with Crippen LogP contribution in [0.15, 0.2) is 101 Å². The highest BCUT2D eigenvalue weighted by Crippen LogP contribution is 2.27. The minimum atomic E-state index is -4.09. The third-order valence-electron chi connectivity index (χ3n) is 5.30. The average molecular weight is 531 g/mol. The second-order valence-corrected chi connectivity index (χ2v) is 11.9. The lowest BCUT2D eigenvalue weighted by molar-refractivity contribution is -0.0478. The summed E-state index contributed by atoms with van der Waals surface area (Å²) < 4.78 is 68.1. The molecule has 36 heavy (non-hydrogen) atoms. The summed E-state index contributed by atoms with van der Waals surface area (Å²) in [6.45, 7) is 5.59. The summed E-state index contributed by atoms with van der Waals surface area (Å²) in [6.07, 6.45) is -1.73. The molecule has 0 aliphatic heterocycles. The highest BCUT2D eigenvalue weighted by atomic mass is 32.2. The Morgan fingerprint density at radius 2 is 1.33 bits per heavy atom. The Balaban J connectivity index is 1.91. The first-order valence-corrected chi connectivity index (χ1v) is 14.5. The van der Waals surface area contributed by atoms with E-state index >= 15 is 0 Å². The van der Waals surface area contributed by atoms with Gasteiger partial charge in [0.1, 0.15) is 12.2 Å². The highest BCUT2D eigenvalue weighted by molar-refractivity contribution is 7.95. The molecule has 0 amide bonds. The lowest BCUT2D eigenvalue weighted by Gasteiger charge is -2.28. The third-order valence-corrected chi connectivity index (χ3v) is 7.71. The Hall–Kier alpha value is -2.82. The van der Waals surface area contributed by atoms with E-state index in [9.17, 15) is 16.8 Å². The second kappa shape index (κ2) is 12.4. The van der Waals surface area contributed by atoms with Gasteiger partial charge in [-0.1, -0.05) is 84.9 Å². The van der Waals surface area contributed by atoms with Crippen molar-refractivity contribution in [3.63, 3.8) is 0 Å². The topological polar surface area (TPSA) is 96.0 Å². The molecule has 3 aromatic carbocycles. The van der Waals surface area contributed by atoms with E-state index in [4.69, 9.17) is 13.7 Å². The van der Waals surface area contributed by atoms with Crippen molar-refractivity contribution in [3.05, 3.63) is 113 Å².